The van der Waals surface area contributed by atoms with Crippen molar-refractivity contribution >= 4 is 40.9 Å². The van der Waals surface area contributed by atoms with Crippen molar-refractivity contribution < 1.29 is 18.4 Å². The summed E-state index contributed by atoms with van der Waals surface area (Å²) in [5.41, 5.74) is 0.259. The third-order valence-electron chi connectivity index (χ3n) is 4.73. The van der Waals surface area contributed by atoms with Crippen LogP contribution >= 0.6 is 23.4 Å². The molecule has 2 aliphatic rings. The predicted molar refractivity (Wildman–Crippen MR) is 94.0 cm³/mol. The molecular weight excluding hydrogens is 370 g/mol. The largest absolute Gasteiger partial charge is 0.339 e. The van der Waals surface area contributed by atoms with Gasteiger partial charge in [-0.25, -0.2) is 0 Å². The van der Waals surface area contributed by atoms with Crippen LogP contribution in [0, 0.1) is 5.92 Å². The van der Waals surface area contributed by atoms with E-state index in [-0.39, 0.29) is 39.9 Å². The summed E-state index contributed by atoms with van der Waals surface area (Å²) < 4.78 is 25.5. The zero-order valence-electron chi connectivity index (χ0n) is 13.5. The highest BCUT2D eigenvalue weighted by molar-refractivity contribution is 7.99. The van der Waals surface area contributed by atoms with Crippen molar-refractivity contribution in [2.24, 2.45) is 5.92 Å². The Morgan fingerprint density at radius 2 is 2.04 bits per heavy atom. The normalized spacial score (nSPS) is 21.4. The van der Waals surface area contributed by atoms with E-state index in [4.69, 9.17) is 11.6 Å². The van der Waals surface area contributed by atoms with Crippen LogP contribution in [-0.2, 0) is 9.59 Å². The number of carbonyl (C=O) groups excluding carboxylic acids is 2. The van der Waals surface area contributed by atoms with Crippen LogP contribution in [0.25, 0.3) is 0 Å². The van der Waals surface area contributed by atoms with Crippen LogP contribution in [0.1, 0.15) is 32.1 Å². The Morgan fingerprint density at radius 1 is 1.32 bits per heavy atom. The van der Waals surface area contributed by atoms with E-state index < -0.39 is 11.7 Å². The SMILES string of the molecule is O=C(Nc1cccc(Cl)c1SC(F)F)C1CC(=O)N(C2CCCC2)C1. The number of nitrogens with one attached hydrogen (secondary N) is 1. The summed E-state index contributed by atoms with van der Waals surface area (Å²) in [6.45, 7) is 0.396. The molecule has 4 nitrogen and oxygen atoms in total. The number of carbonyl (C=O) groups is 2. The summed E-state index contributed by atoms with van der Waals surface area (Å²) in [5.74, 6) is -3.43. The number of halogens is 3. The summed E-state index contributed by atoms with van der Waals surface area (Å²) in [5, 5.41) is 2.84. The highest BCUT2D eigenvalue weighted by Crippen LogP contribution is 2.38. The van der Waals surface area contributed by atoms with Gasteiger partial charge in [0.25, 0.3) is 5.76 Å². The van der Waals surface area contributed by atoms with Gasteiger partial charge >= 0.3 is 0 Å². The van der Waals surface area contributed by atoms with Crippen molar-refractivity contribution in [1.82, 2.24) is 4.90 Å². The maximum atomic E-state index is 12.7. The van der Waals surface area contributed by atoms with Crippen LogP contribution in [0.2, 0.25) is 5.02 Å². The van der Waals surface area contributed by atoms with Crippen LogP contribution in [0.4, 0.5) is 14.5 Å². The molecule has 1 aromatic rings. The third kappa shape index (κ3) is 4.26. The molecule has 25 heavy (non-hydrogen) atoms. The van der Waals surface area contributed by atoms with E-state index >= 15 is 0 Å². The van der Waals surface area contributed by atoms with Crippen LogP contribution in [0.5, 0.6) is 0 Å². The number of hydrogen-bond acceptors (Lipinski definition) is 3. The molecule has 0 spiro atoms. The Labute approximate surface area is 154 Å². The summed E-state index contributed by atoms with van der Waals surface area (Å²) >= 11 is 6.28. The van der Waals surface area contributed by atoms with E-state index in [1.165, 1.54) is 6.07 Å². The molecule has 1 saturated heterocycles. The van der Waals surface area contributed by atoms with Gasteiger partial charge < -0.3 is 10.2 Å². The van der Waals surface area contributed by atoms with Crippen molar-refractivity contribution in [2.75, 3.05) is 11.9 Å². The predicted octanol–water partition coefficient (Wildman–Crippen LogP) is 4.38. The van der Waals surface area contributed by atoms with Gasteiger partial charge in [0.05, 0.1) is 21.5 Å². The molecule has 3 rings (SSSR count). The standard InChI is InChI=1S/C17H19ClF2N2O2S/c18-12-6-3-7-13(15(12)25-17(19)20)21-16(24)10-8-14(23)22(9-10)11-4-1-2-5-11/h3,6-7,10-11,17H,1-2,4-5,8-9H2,(H,21,24). The lowest BCUT2D eigenvalue weighted by Gasteiger charge is -2.24. The lowest BCUT2D eigenvalue weighted by Crippen LogP contribution is -2.35. The monoisotopic (exact) mass is 388 g/mol. The second kappa shape index (κ2) is 7.91. The Balaban J connectivity index is 1.69. The van der Waals surface area contributed by atoms with Crippen molar-refractivity contribution in [3.8, 4) is 0 Å². The second-order valence-corrected chi connectivity index (χ2v) is 7.78. The van der Waals surface area contributed by atoms with Crippen molar-refractivity contribution in [3.05, 3.63) is 23.2 Å². The number of benzene rings is 1. The van der Waals surface area contributed by atoms with E-state index in [9.17, 15) is 18.4 Å². The topological polar surface area (TPSA) is 49.4 Å². The maximum absolute atomic E-state index is 12.7. The van der Waals surface area contributed by atoms with E-state index in [1.807, 2.05) is 4.90 Å². The molecule has 0 radical (unpaired) electrons. The molecule has 0 aromatic heterocycles. The number of anilines is 1. The first-order valence-electron chi connectivity index (χ1n) is 8.29. The molecule has 0 bridgehead atoms. The quantitative estimate of drug-likeness (QED) is 0.761. The third-order valence-corrected chi connectivity index (χ3v) is 6.01. The summed E-state index contributed by atoms with van der Waals surface area (Å²) in [7, 11) is 0. The van der Waals surface area contributed by atoms with Gasteiger partial charge in [-0.05, 0) is 25.0 Å². The zero-order chi connectivity index (χ0) is 18.0. The first-order valence-corrected chi connectivity index (χ1v) is 9.55. The van der Waals surface area contributed by atoms with Crippen molar-refractivity contribution in [2.45, 2.75) is 48.8 Å². The van der Waals surface area contributed by atoms with Gasteiger partial charge in [0, 0.05) is 19.0 Å². The van der Waals surface area contributed by atoms with E-state index in [2.05, 4.69) is 5.32 Å². The fraction of sp³-hybridized carbons (Fsp3) is 0.529. The molecule has 1 aromatic carbocycles. The summed E-state index contributed by atoms with van der Waals surface area (Å²) in [6.07, 6.45) is 4.37. The number of likely N-dealkylation sites (tertiary alicyclic amines) is 1. The molecule has 2 fully saturated rings. The van der Waals surface area contributed by atoms with Gasteiger partial charge in [0.1, 0.15) is 0 Å². The molecular formula is C17H19ClF2N2O2S. The first-order chi connectivity index (χ1) is 12.0. The minimum Gasteiger partial charge on any atom is -0.339 e. The van der Waals surface area contributed by atoms with Gasteiger partial charge in [-0.3, -0.25) is 9.59 Å². The van der Waals surface area contributed by atoms with Gasteiger partial charge in [0.15, 0.2) is 0 Å². The Hall–Kier alpha value is -1.34. The van der Waals surface area contributed by atoms with Crippen LogP contribution in [0.3, 0.4) is 0 Å². The maximum Gasteiger partial charge on any atom is 0.289 e. The summed E-state index contributed by atoms with van der Waals surface area (Å²) in [4.78, 5) is 26.7. The number of alkyl halides is 2. The second-order valence-electron chi connectivity index (χ2n) is 6.37. The smallest absolute Gasteiger partial charge is 0.289 e. The van der Waals surface area contributed by atoms with Gasteiger partial charge in [-0.2, -0.15) is 8.78 Å². The van der Waals surface area contributed by atoms with Crippen LogP contribution in [-0.4, -0.2) is 35.1 Å². The molecule has 1 unspecified atom stereocenters. The summed E-state index contributed by atoms with van der Waals surface area (Å²) in [6, 6.07) is 4.88. The molecule has 8 heteroatoms. The average molecular weight is 389 g/mol. The number of amides is 2. The minimum absolute atomic E-state index is 0.000299. The number of rotatable bonds is 5. The minimum atomic E-state index is -2.64. The fourth-order valence-electron chi connectivity index (χ4n) is 3.53. The Bertz CT molecular complexity index is 668. The molecule has 1 atom stereocenters. The van der Waals surface area contributed by atoms with Crippen molar-refractivity contribution in [1.29, 1.82) is 0 Å². The number of nitrogens with zero attached hydrogens (tertiary/aromatic N) is 1. The fourth-order valence-corrected chi connectivity index (χ4v) is 4.44. The van der Waals surface area contributed by atoms with Gasteiger partial charge in [-0.1, -0.05) is 42.3 Å². The van der Waals surface area contributed by atoms with E-state index in [0.29, 0.717) is 18.3 Å². The first kappa shape index (κ1) is 18.5. The van der Waals surface area contributed by atoms with Crippen LogP contribution < -0.4 is 5.32 Å². The highest BCUT2D eigenvalue weighted by Gasteiger charge is 2.38. The van der Waals surface area contributed by atoms with Gasteiger partial charge in [-0.15, -0.1) is 0 Å². The molecule has 1 heterocycles. The zero-order valence-corrected chi connectivity index (χ0v) is 15.1. The molecule has 1 aliphatic heterocycles. The Kier molecular flexibility index (Phi) is 5.84. The van der Waals surface area contributed by atoms with E-state index in [0.717, 1.165) is 25.7 Å². The molecule has 136 valence electrons. The Morgan fingerprint density at radius 3 is 2.72 bits per heavy atom. The molecule has 1 saturated carbocycles. The average Bonchev–Trinajstić information content (AvgIpc) is 3.19. The molecule has 1 N–H and O–H groups in total. The highest BCUT2D eigenvalue weighted by atomic mass is 35.5. The number of hydrogen-bond donors (Lipinski definition) is 1. The lowest BCUT2D eigenvalue weighted by molar-refractivity contribution is -0.129. The van der Waals surface area contributed by atoms with Crippen LogP contribution in [0.15, 0.2) is 23.1 Å². The molecule has 1 aliphatic carbocycles. The lowest BCUT2D eigenvalue weighted by atomic mass is 10.1. The van der Waals surface area contributed by atoms with Crippen molar-refractivity contribution in [3.63, 3.8) is 0 Å². The number of thioether (sulfide) groups is 1. The van der Waals surface area contributed by atoms with Gasteiger partial charge in [0.2, 0.25) is 11.8 Å². The van der Waals surface area contributed by atoms with E-state index in [1.54, 1.807) is 12.1 Å². The molecule has 2 amide bonds.